The summed E-state index contributed by atoms with van der Waals surface area (Å²) in [5.74, 6) is -1.96. The zero-order valence-corrected chi connectivity index (χ0v) is 16.5. The number of aryl methyl sites for hydroxylation is 1. The zero-order chi connectivity index (χ0) is 21.2. The van der Waals surface area contributed by atoms with Crippen LogP contribution in [-0.2, 0) is 22.0 Å². The molecule has 0 unspecified atom stereocenters. The number of halogens is 1. The average Bonchev–Trinajstić information content (AvgIpc) is 3.13. The number of carboxylic acids is 1. The molecule has 148 valence electrons. The van der Waals surface area contributed by atoms with Gasteiger partial charge >= 0.3 is 5.97 Å². The lowest BCUT2D eigenvalue weighted by Crippen LogP contribution is -2.11. The number of nitrogens with zero attached hydrogens (tertiary/aromatic N) is 1. The number of carbonyl (C=O) groups is 1. The van der Waals surface area contributed by atoms with Crippen LogP contribution in [0.1, 0.15) is 46.0 Å². The Labute approximate surface area is 168 Å². The second-order valence-electron chi connectivity index (χ2n) is 6.71. The van der Waals surface area contributed by atoms with Crippen LogP contribution in [-0.4, -0.2) is 19.5 Å². The van der Waals surface area contributed by atoms with Gasteiger partial charge in [0.25, 0.3) is 0 Å². The first kappa shape index (κ1) is 20.5. The molecule has 2 aromatic carbocycles. The third-order valence-corrected chi connectivity index (χ3v) is 6.52. The second kappa shape index (κ2) is 8.02. The molecule has 0 saturated carbocycles. The SMILES string of the molecule is CCc1ccc(C(=O)O)cc1S(=O)(=O)Cc1cc(C#N)ccc1C1=CC=C(F)C1. The Kier molecular flexibility index (Phi) is 5.66. The van der Waals surface area contributed by atoms with Gasteiger partial charge in [0.15, 0.2) is 9.84 Å². The van der Waals surface area contributed by atoms with Crippen LogP contribution >= 0.6 is 0 Å². The molecule has 0 aromatic heterocycles. The van der Waals surface area contributed by atoms with Crippen molar-refractivity contribution < 1.29 is 22.7 Å². The van der Waals surface area contributed by atoms with Gasteiger partial charge in [-0.05, 0) is 59.0 Å². The molecule has 3 rings (SSSR count). The third-order valence-electron chi connectivity index (χ3n) is 4.78. The van der Waals surface area contributed by atoms with Gasteiger partial charge in [-0.1, -0.05) is 25.1 Å². The summed E-state index contributed by atoms with van der Waals surface area (Å²) < 4.78 is 40.0. The Bertz CT molecular complexity index is 1200. The highest BCUT2D eigenvalue weighted by Gasteiger charge is 2.24. The van der Waals surface area contributed by atoms with Gasteiger partial charge < -0.3 is 5.11 Å². The number of aromatic carboxylic acids is 1. The van der Waals surface area contributed by atoms with Crippen LogP contribution < -0.4 is 0 Å². The van der Waals surface area contributed by atoms with Gasteiger partial charge in [-0.25, -0.2) is 17.6 Å². The zero-order valence-electron chi connectivity index (χ0n) is 15.6. The molecule has 7 heteroatoms. The van der Waals surface area contributed by atoms with E-state index in [2.05, 4.69) is 0 Å². The minimum atomic E-state index is -3.91. The smallest absolute Gasteiger partial charge is 0.335 e. The molecule has 0 spiro atoms. The van der Waals surface area contributed by atoms with Crippen molar-refractivity contribution in [3.05, 3.63) is 82.2 Å². The molecule has 1 aliphatic carbocycles. The molecule has 5 nitrogen and oxygen atoms in total. The normalized spacial score (nSPS) is 13.6. The summed E-state index contributed by atoms with van der Waals surface area (Å²) in [6.45, 7) is 1.79. The fourth-order valence-corrected chi connectivity index (χ4v) is 5.05. The molecule has 0 bridgehead atoms. The largest absolute Gasteiger partial charge is 0.478 e. The van der Waals surface area contributed by atoms with Crippen molar-refractivity contribution in [3.63, 3.8) is 0 Å². The van der Waals surface area contributed by atoms with E-state index in [1.807, 2.05) is 6.07 Å². The first-order chi connectivity index (χ1) is 13.7. The molecule has 0 amide bonds. The van der Waals surface area contributed by atoms with Crippen molar-refractivity contribution in [2.45, 2.75) is 30.4 Å². The lowest BCUT2D eigenvalue weighted by atomic mass is 9.98. The van der Waals surface area contributed by atoms with Crippen molar-refractivity contribution in [2.24, 2.45) is 0 Å². The van der Waals surface area contributed by atoms with Crippen LogP contribution in [0.4, 0.5) is 4.39 Å². The fraction of sp³-hybridized carbons (Fsp3) is 0.182. The third kappa shape index (κ3) is 4.28. The van der Waals surface area contributed by atoms with Crippen LogP contribution in [0.2, 0.25) is 0 Å². The molecule has 0 atom stereocenters. The summed E-state index contributed by atoms with van der Waals surface area (Å²) >= 11 is 0. The fourth-order valence-electron chi connectivity index (χ4n) is 3.32. The highest BCUT2D eigenvalue weighted by molar-refractivity contribution is 7.90. The molecule has 29 heavy (non-hydrogen) atoms. The van der Waals surface area contributed by atoms with Crippen molar-refractivity contribution in [2.75, 3.05) is 0 Å². The molecule has 0 radical (unpaired) electrons. The van der Waals surface area contributed by atoms with E-state index in [0.717, 1.165) is 0 Å². The summed E-state index contributed by atoms with van der Waals surface area (Å²) in [6, 6.07) is 10.7. The Morgan fingerprint density at radius 2 is 1.93 bits per heavy atom. The lowest BCUT2D eigenvalue weighted by molar-refractivity contribution is 0.0696. The van der Waals surface area contributed by atoms with Gasteiger partial charge in [0.1, 0.15) is 5.83 Å². The van der Waals surface area contributed by atoms with Gasteiger partial charge in [0.05, 0.1) is 27.8 Å². The van der Waals surface area contributed by atoms with Crippen LogP contribution in [0.25, 0.3) is 5.57 Å². The number of nitriles is 1. The minimum Gasteiger partial charge on any atom is -0.478 e. The molecule has 1 aliphatic rings. The molecule has 0 saturated heterocycles. The predicted octanol–water partition coefficient (Wildman–Crippen LogP) is 4.43. The van der Waals surface area contributed by atoms with Crippen LogP contribution in [0.5, 0.6) is 0 Å². The number of hydrogen-bond donors (Lipinski definition) is 1. The van der Waals surface area contributed by atoms with E-state index >= 15 is 0 Å². The van der Waals surface area contributed by atoms with Gasteiger partial charge in [-0.2, -0.15) is 5.26 Å². The summed E-state index contributed by atoms with van der Waals surface area (Å²) in [5, 5.41) is 18.4. The van der Waals surface area contributed by atoms with Crippen LogP contribution in [0.15, 0.2) is 59.3 Å². The van der Waals surface area contributed by atoms with Crippen molar-refractivity contribution in [3.8, 4) is 6.07 Å². The standard InChI is InChI=1S/C22H18FNO4S/c1-2-15-4-5-17(22(25)26)11-21(15)29(27,28)13-18-9-14(12-24)3-8-20(18)16-6-7-19(23)10-16/h3-9,11H,2,10,13H2,1H3,(H,25,26). The quantitative estimate of drug-likeness (QED) is 0.758. The summed E-state index contributed by atoms with van der Waals surface area (Å²) in [6.07, 6.45) is 3.40. The van der Waals surface area contributed by atoms with E-state index in [-0.39, 0.29) is 22.7 Å². The van der Waals surface area contributed by atoms with E-state index in [4.69, 9.17) is 0 Å². The molecule has 2 aromatic rings. The molecular weight excluding hydrogens is 393 g/mol. The number of allylic oxidation sites excluding steroid dienone is 4. The van der Waals surface area contributed by atoms with Gasteiger partial charge in [-0.3, -0.25) is 0 Å². The van der Waals surface area contributed by atoms with Crippen molar-refractivity contribution in [1.82, 2.24) is 0 Å². The number of sulfone groups is 1. The Balaban J connectivity index is 2.09. The van der Waals surface area contributed by atoms with Gasteiger partial charge in [0, 0.05) is 6.42 Å². The lowest BCUT2D eigenvalue weighted by Gasteiger charge is -2.14. The number of rotatable bonds is 6. The first-order valence-corrected chi connectivity index (χ1v) is 10.6. The number of benzene rings is 2. The topological polar surface area (TPSA) is 95.2 Å². The number of hydrogen-bond acceptors (Lipinski definition) is 4. The molecule has 0 heterocycles. The van der Waals surface area contributed by atoms with Gasteiger partial charge in [0.2, 0.25) is 0 Å². The summed E-state index contributed by atoms with van der Waals surface area (Å²) in [5.41, 5.74) is 2.26. The van der Waals surface area contributed by atoms with E-state index < -0.39 is 21.6 Å². The highest BCUT2D eigenvalue weighted by atomic mass is 32.2. The van der Waals surface area contributed by atoms with Crippen molar-refractivity contribution >= 4 is 21.4 Å². The molecule has 0 fully saturated rings. The first-order valence-electron chi connectivity index (χ1n) is 8.92. The Morgan fingerprint density at radius 3 is 2.52 bits per heavy atom. The monoisotopic (exact) mass is 411 g/mol. The summed E-state index contributed by atoms with van der Waals surface area (Å²) in [7, 11) is -3.91. The van der Waals surface area contributed by atoms with Gasteiger partial charge in [-0.15, -0.1) is 0 Å². The maximum absolute atomic E-state index is 13.5. The Morgan fingerprint density at radius 1 is 1.17 bits per heavy atom. The van der Waals surface area contributed by atoms with Crippen LogP contribution in [0, 0.1) is 11.3 Å². The summed E-state index contributed by atoms with van der Waals surface area (Å²) in [4.78, 5) is 11.3. The molecule has 1 N–H and O–H groups in total. The molecule has 0 aliphatic heterocycles. The van der Waals surface area contributed by atoms with Crippen LogP contribution in [0.3, 0.4) is 0 Å². The van der Waals surface area contributed by atoms with E-state index in [1.165, 1.54) is 30.3 Å². The predicted molar refractivity (Wildman–Crippen MR) is 107 cm³/mol. The molecular formula is C22H18FNO4S. The Hall–Kier alpha value is -3.24. The van der Waals surface area contributed by atoms with E-state index in [1.54, 1.807) is 25.1 Å². The van der Waals surface area contributed by atoms with E-state index in [0.29, 0.717) is 34.2 Å². The van der Waals surface area contributed by atoms with Crippen molar-refractivity contribution in [1.29, 1.82) is 5.26 Å². The van der Waals surface area contributed by atoms with E-state index in [9.17, 15) is 28.0 Å². The maximum atomic E-state index is 13.5. The minimum absolute atomic E-state index is 0.0436. The highest BCUT2D eigenvalue weighted by Crippen LogP contribution is 2.33. The second-order valence-corrected chi connectivity index (χ2v) is 8.66. The average molecular weight is 411 g/mol. The number of carboxylic acid groups (broad SMARTS) is 1. The maximum Gasteiger partial charge on any atom is 0.335 e.